The molecular formula is C36H58O11. The summed E-state index contributed by atoms with van der Waals surface area (Å²) < 4.78 is 11.4. The molecule has 0 unspecified atom stereocenters. The minimum Gasteiger partial charge on any atom is -0.432 e. The van der Waals surface area contributed by atoms with E-state index in [1.54, 1.807) is 0 Å². The molecule has 6 aliphatic rings. The van der Waals surface area contributed by atoms with E-state index in [-0.39, 0.29) is 35.2 Å². The van der Waals surface area contributed by atoms with Gasteiger partial charge in [0.15, 0.2) is 0 Å². The third-order valence-corrected chi connectivity index (χ3v) is 15.6. The Morgan fingerprint density at radius 3 is 2.23 bits per heavy atom. The zero-order valence-corrected chi connectivity index (χ0v) is 28.8. The molecular weight excluding hydrogens is 608 g/mol. The van der Waals surface area contributed by atoms with E-state index >= 15 is 0 Å². The maximum atomic E-state index is 14.5. The zero-order chi connectivity index (χ0) is 34.7. The number of hydrogen-bond donors (Lipinski definition) is 8. The van der Waals surface area contributed by atoms with Gasteiger partial charge in [-0.1, -0.05) is 46.3 Å². The lowest BCUT2D eigenvalue weighted by atomic mass is 9.33. The van der Waals surface area contributed by atoms with Crippen LogP contribution in [0.2, 0.25) is 0 Å². The third kappa shape index (κ3) is 4.60. The second kappa shape index (κ2) is 11.4. The van der Waals surface area contributed by atoms with Crippen molar-refractivity contribution in [1.29, 1.82) is 0 Å². The number of carbonyl (C=O) groups is 1. The average Bonchev–Trinajstić information content (AvgIpc) is 3.02. The zero-order valence-electron chi connectivity index (χ0n) is 28.8. The van der Waals surface area contributed by atoms with Crippen molar-refractivity contribution in [1.82, 2.24) is 0 Å². The molecule has 0 aromatic carbocycles. The third-order valence-electron chi connectivity index (χ3n) is 15.6. The van der Waals surface area contributed by atoms with Crippen molar-refractivity contribution in [3.63, 3.8) is 0 Å². The molecule has 1 saturated heterocycles. The topological polar surface area (TPSA) is 197 Å². The Bertz CT molecular complexity index is 1270. The molecule has 5 fully saturated rings. The summed E-state index contributed by atoms with van der Waals surface area (Å²) in [5.41, 5.74) is -3.27. The van der Waals surface area contributed by atoms with Crippen molar-refractivity contribution in [2.45, 2.75) is 141 Å². The highest BCUT2D eigenvalue weighted by Crippen LogP contribution is 2.76. The number of rotatable bonds is 4. The van der Waals surface area contributed by atoms with E-state index in [9.17, 15) is 45.6 Å². The van der Waals surface area contributed by atoms with E-state index in [4.69, 9.17) is 9.47 Å². The number of ether oxygens (including phenoxy) is 2. The first kappa shape index (κ1) is 35.7. The van der Waals surface area contributed by atoms with Crippen LogP contribution < -0.4 is 0 Å². The van der Waals surface area contributed by atoms with Crippen molar-refractivity contribution in [2.75, 3.05) is 13.2 Å². The molecule has 8 N–H and O–H groups in total. The van der Waals surface area contributed by atoms with Gasteiger partial charge in [0, 0.05) is 11.3 Å². The molecule has 17 atom stereocenters. The molecule has 4 saturated carbocycles. The molecule has 0 spiro atoms. The van der Waals surface area contributed by atoms with Crippen LogP contribution in [-0.2, 0) is 14.3 Å². The van der Waals surface area contributed by atoms with E-state index < -0.39 is 83.3 Å². The lowest BCUT2D eigenvalue weighted by Gasteiger charge is -2.72. The Kier molecular flexibility index (Phi) is 8.68. The first-order valence-electron chi connectivity index (χ1n) is 17.7. The van der Waals surface area contributed by atoms with Crippen molar-refractivity contribution in [3.8, 4) is 0 Å². The average molecular weight is 667 g/mol. The summed E-state index contributed by atoms with van der Waals surface area (Å²) in [5.74, 6) is -1.23. The summed E-state index contributed by atoms with van der Waals surface area (Å²) in [5, 5.41) is 86.2. The van der Waals surface area contributed by atoms with Crippen molar-refractivity contribution >= 4 is 5.97 Å². The quantitative estimate of drug-likeness (QED) is 0.160. The van der Waals surface area contributed by atoms with Gasteiger partial charge in [-0.2, -0.15) is 0 Å². The van der Waals surface area contributed by atoms with E-state index in [1.807, 2.05) is 20.8 Å². The molecule has 0 aromatic heterocycles. The van der Waals surface area contributed by atoms with Gasteiger partial charge in [0.05, 0.1) is 36.4 Å². The fraction of sp³-hybridized carbons (Fsp3) is 0.917. The Morgan fingerprint density at radius 2 is 1.60 bits per heavy atom. The number of fused-ring (bicyclic) bond motifs is 7. The minimum absolute atomic E-state index is 0.00373. The van der Waals surface area contributed by atoms with Crippen LogP contribution in [-0.4, -0.2) is 109 Å². The number of aliphatic hydroxyl groups is 8. The molecule has 0 radical (unpaired) electrons. The molecule has 0 bridgehead atoms. The predicted octanol–water partition coefficient (Wildman–Crippen LogP) is 1.41. The minimum atomic E-state index is -1.72. The summed E-state index contributed by atoms with van der Waals surface area (Å²) >= 11 is 0. The maximum absolute atomic E-state index is 14.5. The Morgan fingerprint density at radius 1 is 0.915 bits per heavy atom. The van der Waals surface area contributed by atoms with Crippen LogP contribution in [0.1, 0.15) is 92.9 Å². The lowest BCUT2D eigenvalue weighted by Crippen LogP contribution is -2.69. The fourth-order valence-electron chi connectivity index (χ4n) is 12.4. The van der Waals surface area contributed by atoms with Crippen LogP contribution in [0.4, 0.5) is 0 Å². The number of aliphatic hydroxyl groups excluding tert-OH is 7. The predicted molar refractivity (Wildman–Crippen MR) is 169 cm³/mol. The Labute approximate surface area is 278 Å². The highest BCUT2D eigenvalue weighted by molar-refractivity contribution is 5.79. The van der Waals surface area contributed by atoms with E-state index in [2.05, 4.69) is 26.8 Å². The van der Waals surface area contributed by atoms with Crippen LogP contribution in [0.15, 0.2) is 11.6 Å². The normalized spacial score (nSPS) is 57.5. The number of esters is 1. The first-order valence-corrected chi connectivity index (χ1v) is 17.7. The van der Waals surface area contributed by atoms with Gasteiger partial charge in [0.25, 0.3) is 0 Å². The van der Waals surface area contributed by atoms with Gasteiger partial charge >= 0.3 is 5.97 Å². The molecule has 5 aliphatic carbocycles. The molecule has 1 aliphatic heterocycles. The van der Waals surface area contributed by atoms with Crippen LogP contribution in [0.5, 0.6) is 0 Å². The lowest BCUT2D eigenvalue weighted by molar-refractivity contribution is -0.299. The second-order valence-corrected chi connectivity index (χ2v) is 17.5. The van der Waals surface area contributed by atoms with Crippen molar-refractivity contribution < 1.29 is 55.1 Å². The van der Waals surface area contributed by atoms with E-state index in [0.29, 0.717) is 38.5 Å². The van der Waals surface area contributed by atoms with Crippen LogP contribution in [0.3, 0.4) is 0 Å². The largest absolute Gasteiger partial charge is 0.432 e. The molecule has 11 heteroatoms. The van der Waals surface area contributed by atoms with Crippen LogP contribution in [0, 0.1) is 50.7 Å². The van der Waals surface area contributed by atoms with Gasteiger partial charge in [-0.05, 0) is 92.3 Å². The second-order valence-electron chi connectivity index (χ2n) is 17.5. The maximum Gasteiger partial charge on any atom is 0.315 e. The molecule has 268 valence electrons. The van der Waals surface area contributed by atoms with Crippen molar-refractivity contribution in [2.24, 2.45) is 50.7 Å². The molecule has 47 heavy (non-hydrogen) atoms. The van der Waals surface area contributed by atoms with Gasteiger partial charge in [-0.15, -0.1) is 0 Å². The standard InChI is InChI=1S/C36H58O11/c1-18-9-12-36(30(44)47-29-26(42)25(41)24(40)21(16-37)46-29)14-13-33(4)19(27(36)35(18,6)45)7-8-23-31(2)15-20(39)28(43)32(3,17-38)22(31)10-11-34(23,33)5/h7,18,20-29,37-43,45H,8-17H2,1-6H3/t18-,20+,21-,22-,23-,24-,25+,26-,27+,28+,29+,31-,32-,33-,34+,35-,36+/m1/s1. The molecule has 11 nitrogen and oxygen atoms in total. The summed E-state index contributed by atoms with van der Waals surface area (Å²) in [7, 11) is 0. The van der Waals surface area contributed by atoms with Gasteiger partial charge in [0.1, 0.15) is 24.4 Å². The smallest absolute Gasteiger partial charge is 0.315 e. The van der Waals surface area contributed by atoms with Crippen LogP contribution in [0.25, 0.3) is 0 Å². The van der Waals surface area contributed by atoms with Crippen molar-refractivity contribution in [3.05, 3.63) is 11.6 Å². The van der Waals surface area contributed by atoms with Gasteiger partial charge in [-0.3, -0.25) is 4.79 Å². The van der Waals surface area contributed by atoms with E-state index in [0.717, 1.165) is 18.4 Å². The summed E-state index contributed by atoms with van der Waals surface area (Å²) in [4.78, 5) is 14.5. The van der Waals surface area contributed by atoms with Crippen LogP contribution >= 0.6 is 0 Å². The van der Waals surface area contributed by atoms with E-state index in [1.165, 1.54) is 0 Å². The molecule has 1 heterocycles. The molecule has 0 aromatic rings. The Hall–Kier alpha value is -1.15. The first-order chi connectivity index (χ1) is 21.8. The number of carbonyl (C=O) groups excluding carboxylic acids is 1. The number of hydrogen-bond acceptors (Lipinski definition) is 11. The summed E-state index contributed by atoms with van der Waals surface area (Å²) in [6.45, 7) is 11.6. The monoisotopic (exact) mass is 666 g/mol. The SMILES string of the molecule is C[C@@H]1CC[C@]2(C(=O)O[C@@H]3O[C@H](CO)[C@@H](O)[C@H](O)[C@H]3O)CC[C@]3(C)C(=CC[C@@H]4[C@]5(C)C[C@H](O)[C@H](O)[C@](C)(CO)[C@@H]5CC[C@@]43C)[C@H]2[C@]1(C)O. The molecule has 6 rings (SSSR count). The highest BCUT2D eigenvalue weighted by atomic mass is 16.7. The highest BCUT2D eigenvalue weighted by Gasteiger charge is 2.72. The van der Waals surface area contributed by atoms with Gasteiger partial charge < -0.3 is 50.3 Å². The fourth-order valence-corrected chi connectivity index (χ4v) is 12.4. The summed E-state index contributed by atoms with van der Waals surface area (Å²) in [6, 6.07) is 0. The summed E-state index contributed by atoms with van der Waals surface area (Å²) in [6.07, 6.45) is -2.75. The van der Waals surface area contributed by atoms with Gasteiger partial charge in [-0.25, -0.2) is 0 Å². The Balaban J connectivity index is 1.40. The number of allylic oxidation sites excluding steroid dienone is 1. The van der Waals surface area contributed by atoms with Gasteiger partial charge in [0.2, 0.25) is 6.29 Å². The molecule has 0 amide bonds.